The molecule has 1 saturated carbocycles. The van der Waals surface area contributed by atoms with Gasteiger partial charge in [0.15, 0.2) is 0 Å². The molecule has 0 unspecified atom stereocenters. The Kier molecular flexibility index (Phi) is 4.72. The molecule has 5 nitrogen and oxygen atoms in total. The van der Waals surface area contributed by atoms with Gasteiger partial charge in [0.2, 0.25) is 5.91 Å². The van der Waals surface area contributed by atoms with Crippen LogP contribution in [0.15, 0.2) is 30.3 Å². The molecule has 1 saturated heterocycles. The number of carbonyl (C=O) groups is 2. The molecule has 0 atom stereocenters. The number of aromatic nitrogens is 1. The number of amides is 2. The Morgan fingerprint density at radius 2 is 1.56 bits per heavy atom. The molecule has 0 radical (unpaired) electrons. The van der Waals surface area contributed by atoms with Gasteiger partial charge in [0.05, 0.1) is 5.56 Å². The van der Waals surface area contributed by atoms with Crippen molar-refractivity contribution >= 4 is 23.4 Å². The molecular weight excluding hydrogens is 362 g/mol. The van der Waals surface area contributed by atoms with Gasteiger partial charge in [0.25, 0.3) is 5.91 Å². The molecule has 142 valence electrons. The van der Waals surface area contributed by atoms with Gasteiger partial charge in [-0.15, -0.1) is 0 Å². The number of benzene rings is 1. The van der Waals surface area contributed by atoms with Crippen LogP contribution in [0.1, 0.15) is 34.6 Å². The molecule has 6 heteroatoms. The van der Waals surface area contributed by atoms with Crippen molar-refractivity contribution in [2.24, 2.45) is 5.92 Å². The van der Waals surface area contributed by atoms with Gasteiger partial charge >= 0.3 is 0 Å². The monoisotopic (exact) mass is 385 g/mol. The average molecular weight is 386 g/mol. The first-order valence-corrected chi connectivity index (χ1v) is 9.86. The molecule has 2 amide bonds. The standard InChI is InChI=1S/C21H24ClN3O2/c1-14-13-19(15(2)25(14)18-7-5-17(22)6-8-18)21(27)24-11-9-23(10-12-24)20(26)16-3-4-16/h5-8,13,16H,3-4,9-12H2,1-2H3. The average Bonchev–Trinajstić information content (AvgIpc) is 3.48. The fourth-order valence-electron chi connectivity index (χ4n) is 3.86. The van der Waals surface area contributed by atoms with Crippen LogP contribution in [0.4, 0.5) is 0 Å². The van der Waals surface area contributed by atoms with E-state index in [4.69, 9.17) is 11.6 Å². The van der Waals surface area contributed by atoms with Crippen LogP contribution in [-0.2, 0) is 4.79 Å². The number of piperazine rings is 1. The summed E-state index contributed by atoms with van der Waals surface area (Å²) < 4.78 is 2.08. The molecule has 2 aliphatic rings. The van der Waals surface area contributed by atoms with Gasteiger partial charge in [0, 0.05) is 54.2 Å². The van der Waals surface area contributed by atoms with E-state index in [0.29, 0.717) is 31.2 Å². The maximum atomic E-state index is 13.1. The van der Waals surface area contributed by atoms with Crippen molar-refractivity contribution in [3.8, 4) is 5.69 Å². The van der Waals surface area contributed by atoms with Crippen molar-refractivity contribution in [2.45, 2.75) is 26.7 Å². The number of hydrogen-bond donors (Lipinski definition) is 0. The minimum atomic E-state index is 0.0434. The van der Waals surface area contributed by atoms with Crippen molar-refractivity contribution < 1.29 is 9.59 Å². The third-order valence-electron chi connectivity index (χ3n) is 5.55. The molecule has 0 bridgehead atoms. The zero-order valence-corrected chi connectivity index (χ0v) is 16.5. The first-order chi connectivity index (χ1) is 13.0. The van der Waals surface area contributed by atoms with Crippen molar-refractivity contribution in [3.63, 3.8) is 0 Å². The van der Waals surface area contributed by atoms with Crippen LogP contribution in [0.3, 0.4) is 0 Å². The topological polar surface area (TPSA) is 45.6 Å². The Morgan fingerprint density at radius 3 is 2.15 bits per heavy atom. The molecule has 1 aromatic carbocycles. The van der Waals surface area contributed by atoms with E-state index in [0.717, 1.165) is 35.5 Å². The molecule has 4 rings (SSSR count). The fourth-order valence-corrected chi connectivity index (χ4v) is 3.98. The lowest BCUT2D eigenvalue weighted by Gasteiger charge is -2.35. The number of aryl methyl sites for hydroxylation is 1. The van der Waals surface area contributed by atoms with Gasteiger partial charge < -0.3 is 14.4 Å². The van der Waals surface area contributed by atoms with Crippen LogP contribution in [0.2, 0.25) is 5.02 Å². The summed E-state index contributed by atoms with van der Waals surface area (Å²) in [5.74, 6) is 0.551. The van der Waals surface area contributed by atoms with Gasteiger partial charge in [-0.25, -0.2) is 0 Å². The molecule has 0 N–H and O–H groups in total. The van der Waals surface area contributed by atoms with Crippen LogP contribution < -0.4 is 0 Å². The molecular formula is C21H24ClN3O2. The Labute approximate surface area is 164 Å². The third-order valence-corrected chi connectivity index (χ3v) is 5.80. The molecule has 1 aliphatic heterocycles. The number of hydrogen-bond acceptors (Lipinski definition) is 2. The smallest absolute Gasteiger partial charge is 0.255 e. The van der Waals surface area contributed by atoms with Crippen molar-refractivity contribution in [2.75, 3.05) is 26.2 Å². The summed E-state index contributed by atoms with van der Waals surface area (Å²) in [6.45, 7) is 6.45. The summed E-state index contributed by atoms with van der Waals surface area (Å²) in [6.07, 6.45) is 2.04. The van der Waals surface area contributed by atoms with Crippen molar-refractivity contribution in [1.29, 1.82) is 0 Å². The first-order valence-electron chi connectivity index (χ1n) is 9.48. The summed E-state index contributed by atoms with van der Waals surface area (Å²) in [7, 11) is 0. The Balaban J connectivity index is 1.50. The fraction of sp³-hybridized carbons (Fsp3) is 0.429. The van der Waals surface area contributed by atoms with E-state index in [1.807, 2.05) is 54.0 Å². The van der Waals surface area contributed by atoms with E-state index in [1.165, 1.54) is 0 Å². The first kappa shape index (κ1) is 18.1. The zero-order valence-electron chi connectivity index (χ0n) is 15.7. The minimum Gasteiger partial charge on any atom is -0.339 e. The maximum absolute atomic E-state index is 13.1. The van der Waals surface area contributed by atoms with Crippen LogP contribution in [-0.4, -0.2) is 52.4 Å². The quantitative estimate of drug-likeness (QED) is 0.812. The lowest BCUT2D eigenvalue weighted by Crippen LogP contribution is -2.51. The van der Waals surface area contributed by atoms with Crippen molar-refractivity contribution in [1.82, 2.24) is 14.4 Å². The number of rotatable bonds is 3. The number of carbonyl (C=O) groups excluding carboxylic acids is 2. The summed E-state index contributed by atoms with van der Waals surface area (Å²) in [5, 5.41) is 0.691. The van der Waals surface area contributed by atoms with Gasteiger partial charge in [0.1, 0.15) is 0 Å². The molecule has 0 spiro atoms. The van der Waals surface area contributed by atoms with Gasteiger partial charge in [-0.1, -0.05) is 11.6 Å². The number of halogens is 1. The van der Waals surface area contributed by atoms with Crippen LogP contribution in [0.25, 0.3) is 5.69 Å². The third kappa shape index (κ3) is 3.48. The lowest BCUT2D eigenvalue weighted by molar-refractivity contribution is -0.134. The van der Waals surface area contributed by atoms with E-state index in [1.54, 1.807) is 0 Å². The van der Waals surface area contributed by atoms with Gasteiger partial charge in [-0.05, 0) is 57.0 Å². The minimum absolute atomic E-state index is 0.0434. The zero-order chi connectivity index (χ0) is 19.1. The highest BCUT2D eigenvalue weighted by molar-refractivity contribution is 6.30. The van der Waals surface area contributed by atoms with E-state index in [2.05, 4.69) is 4.57 Å². The Hall–Kier alpha value is -2.27. The molecule has 1 aliphatic carbocycles. The molecule has 2 fully saturated rings. The van der Waals surface area contributed by atoms with E-state index in [-0.39, 0.29) is 17.7 Å². The SMILES string of the molecule is Cc1cc(C(=O)N2CCN(C(=O)C3CC3)CC2)c(C)n1-c1ccc(Cl)cc1. The second-order valence-corrected chi connectivity index (χ2v) is 7.92. The molecule has 2 heterocycles. The Morgan fingerprint density at radius 1 is 0.963 bits per heavy atom. The highest BCUT2D eigenvalue weighted by Crippen LogP contribution is 2.31. The van der Waals surface area contributed by atoms with Crippen LogP contribution in [0.5, 0.6) is 0 Å². The van der Waals surface area contributed by atoms with Crippen LogP contribution in [0, 0.1) is 19.8 Å². The van der Waals surface area contributed by atoms with Crippen LogP contribution >= 0.6 is 11.6 Å². The highest BCUT2D eigenvalue weighted by atomic mass is 35.5. The summed E-state index contributed by atoms with van der Waals surface area (Å²) >= 11 is 6.00. The molecule has 27 heavy (non-hydrogen) atoms. The highest BCUT2D eigenvalue weighted by Gasteiger charge is 2.35. The largest absolute Gasteiger partial charge is 0.339 e. The van der Waals surface area contributed by atoms with E-state index in [9.17, 15) is 9.59 Å². The predicted molar refractivity (Wildman–Crippen MR) is 105 cm³/mol. The van der Waals surface area contributed by atoms with E-state index >= 15 is 0 Å². The maximum Gasteiger partial charge on any atom is 0.255 e. The summed E-state index contributed by atoms with van der Waals surface area (Å²) in [6, 6.07) is 9.58. The Bertz CT molecular complexity index is 876. The second kappa shape index (κ2) is 7.04. The van der Waals surface area contributed by atoms with E-state index < -0.39 is 0 Å². The molecule has 1 aromatic heterocycles. The lowest BCUT2D eigenvalue weighted by atomic mass is 10.2. The predicted octanol–water partition coefficient (Wildman–Crippen LogP) is 3.44. The summed E-state index contributed by atoms with van der Waals surface area (Å²) in [5.41, 5.74) is 3.66. The molecule has 2 aromatic rings. The second-order valence-electron chi connectivity index (χ2n) is 7.49. The van der Waals surface area contributed by atoms with Gasteiger partial charge in [-0.2, -0.15) is 0 Å². The summed E-state index contributed by atoms with van der Waals surface area (Å²) in [4.78, 5) is 29.1. The van der Waals surface area contributed by atoms with Gasteiger partial charge in [-0.3, -0.25) is 9.59 Å². The number of nitrogens with zero attached hydrogens (tertiary/aromatic N) is 3. The van der Waals surface area contributed by atoms with Crippen molar-refractivity contribution in [3.05, 3.63) is 52.3 Å². The normalized spacial score (nSPS) is 17.3.